The first-order chi connectivity index (χ1) is 6.68. The smallest absolute Gasteiger partial charge is 0.140 e. The summed E-state index contributed by atoms with van der Waals surface area (Å²) >= 11 is 5.87. The molecule has 0 atom stereocenters. The third kappa shape index (κ3) is 1.42. The molecular weight excluding hydrogens is 198 g/mol. The number of nitrogens with one attached hydrogen (secondary N) is 1. The normalized spacial score (nSPS) is 10.4. The average Bonchev–Trinajstić information content (AvgIpc) is 2.16. The maximum Gasteiger partial charge on any atom is 0.140 e. The van der Waals surface area contributed by atoms with Crippen LogP contribution in [0.15, 0.2) is 30.3 Å². The van der Waals surface area contributed by atoms with E-state index in [2.05, 4.69) is 4.98 Å². The van der Waals surface area contributed by atoms with Gasteiger partial charge in [-0.05, 0) is 12.1 Å². The summed E-state index contributed by atoms with van der Waals surface area (Å²) in [6.45, 7) is 0. The van der Waals surface area contributed by atoms with Gasteiger partial charge in [0.1, 0.15) is 11.0 Å². The summed E-state index contributed by atoms with van der Waals surface area (Å²) in [4.78, 5) is 4.14. The molecule has 0 amide bonds. The molecule has 0 radical (unpaired) electrons. The molecule has 4 heteroatoms. The topological polar surface area (TPSA) is 62.8 Å². The van der Waals surface area contributed by atoms with Crippen LogP contribution in [-0.4, -0.2) is 10.8 Å². The lowest BCUT2D eigenvalue weighted by Gasteiger charge is -2.03. The van der Waals surface area contributed by atoms with Crippen LogP contribution in [0.1, 0.15) is 5.56 Å². The van der Waals surface area contributed by atoms with Crippen LogP contribution in [0, 0.1) is 5.41 Å². The number of pyridine rings is 1. The Labute approximate surface area is 86.0 Å². The van der Waals surface area contributed by atoms with Crippen LogP contribution >= 0.6 is 11.6 Å². The Morgan fingerprint density at radius 2 is 2.07 bits per heavy atom. The van der Waals surface area contributed by atoms with Gasteiger partial charge in [-0.2, -0.15) is 0 Å². The molecule has 0 bridgehead atoms. The zero-order chi connectivity index (χ0) is 10.1. The minimum absolute atomic E-state index is 0.0618. The number of nitrogens with zero attached hydrogens (tertiary/aromatic N) is 1. The molecule has 0 saturated carbocycles. The number of amidine groups is 1. The van der Waals surface area contributed by atoms with E-state index in [0.29, 0.717) is 5.56 Å². The van der Waals surface area contributed by atoms with Gasteiger partial charge in [-0.25, -0.2) is 4.98 Å². The molecule has 0 fully saturated rings. The van der Waals surface area contributed by atoms with E-state index in [4.69, 9.17) is 22.7 Å². The van der Waals surface area contributed by atoms with E-state index in [9.17, 15) is 0 Å². The molecule has 1 heterocycles. The number of halogens is 1. The molecular formula is C10H8ClN3. The van der Waals surface area contributed by atoms with E-state index in [0.717, 1.165) is 10.9 Å². The number of hydrogen-bond acceptors (Lipinski definition) is 2. The average molecular weight is 206 g/mol. The van der Waals surface area contributed by atoms with E-state index < -0.39 is 0 Å². The SMILES string of the molecule is N=C(N)c1cc2ccccc2nc1Cl. The van der Waals surface area contributed by atoms with Crippen molar-refractivity contribution < 1.29 is 0 Å². The third-order valence-corrected chi connectivity index (χ3v) is 2.26. The largest absolute Gasteiger partial charge is 0.384 e. The highest BCUT2D eigenvalue weighted by atomic mass is 35.5. The lowest BCUT2D eigenvalue weighted by atomic mass is 10.1. The van der Waals surface area contributed by atoms with Crippen LogP contribution < -0.4 is 5.73 Å². The molecule has 0 unspecified atom stereocenters. The highest BCUT2D eigenvalue weighted by Crippen LogP contribution is 2.19. The molecule has 0 saturated heterocycles. The van der Waals surface area contributed by atoms with E-state index in [1.807, 2.05) is 24.3 Å². The molecule has 3 N–H and O–H groups in total. The van der Waals surface area contributed by atoms with Crippen molar-refractivity contribution in [1.29, 1.82) is 5.41 Å². The van der Waals surface area contributed by atoms with Crippen LogP contribution in [0.5, 0.6) is 0 Å². The maximum absolute atomic E-state index is 7.30. The Bertz CT molecular complexity index is 508. The Kier molecular flexibility index (Phi) is 2.09. The number of para-hydroxylation sites is 1. The zero-order valence-electron chi connectivity index (χ0n) is 7.29. The lowest BCUT2D eigenvalue weighted by molar-refractivity contribution is 1.35. The summed E-state index contributed by atoms with van der Waals surface area (Å²) in [5.41, 5.74) is 6.65. The Hall–Kier alpha value is -1.61. The van der Waals surface area contributed by atoms with E-state index in [1.54, 1.807) is 6.07 Å². The highest BCUT2D eigenvalue weighted by molar-refractivity contribution is 6.33. The Morgan fingerprint density at radius 3 is 2.79 bits per heavy atom. The number of hydrogen-bond donors (Lipinski definition) is 2. The molecule has 1 aromatic carbocycles. The number of benzene rings is 1. The van der Waals surface area contributed by atoms with Crippen molar-refractivity contribution in [2.24, 2.45) is 5.73 Å². The molecule has 0 spiro atoms. The van der Waals surface area contributed by atoms with Crippen molar-refractivity contribution in [2.75, 3.05) is 0 Å². The second kappa shape index (κ2) is 3.27. The quantitative estimate of drug-likeness (QED) is 0.426. The Balaban J connectivity index is 2.77. The van der Waals surface area contributed by atoms with Gasteiger partial charge in [0.05, 0.1) is 11.1 Å². The highest BCUT2D eigenvalue weighted by Gasteiger charge is 2.06. The molecule has 14 heavy (non-hydrogen) atoms. The molecule has 1 aromatic heterocycles. The summed E-state index contributed by atoms with van der Waals surface area (Å²) in [5.74, 6) is -0.0618. The van der Waals surface area contributed by atoms with Gasteiger partial charge in [-0.1, -0.05) is 29.8 Å². The predicted molar refractivity (Wildman–Crippen MR) is 57.8 cm³/mol. The number of nitrogens with two attached hydrogens (primary N) is 1. The van der Waals surface area contributed by atoms with Gasteiger partial charge in [0.25, 0.3) is 0 Å². The summed E-state index contributed by atoms with van der Waals surface area (Å²) in [7, 11) is 0. The molecule has 2 aromatic rings. The van der Waals surface area contributed by atoms with Gasteiger partial charge in [0.2, 0.25) is 0 Å². The molecule has 0 aliphatic carbocycles. The van der Waals surface area contributed by atoms with Crippen LogP contribution in [0.4, 0.5) is 0 Å². The van der Waals surface area contributed by atoms with Crippen LogP contribution in [0.25, 0.3) is 10.9 Å². The minimum atomic E-state index is -0.0618. The second-order valence-electron chi connectivity index (χ2n) is 2.93. The summed E-state index contributed by atoms with van der Waals surface area (Å²) < 4.78 is 0. The van der Waals surface area contributed by atoms with E-state index in [-0.39, 0.29) is 11.0 Å². The summed E-state index contributed by atoms with van der Waals surface area (Å²) in [6.07, 6.45) is 0. The zero-order valence-corrected chi connectivity index (χ0v) is 8.05. The maximum atomic E-state index is 7.30. The summed E-state index contributed by atoms with van der Waals surface area (Å²) in [6, 6.07) is 9.34. The fourth-order valence-corrected chi connectivity index (χ4v) is 1.53. The van der Waals surface area contributed by atoms with Crippen LogP contribution in [0.3, 0.4) is 0 Å². The standard InChI is InChI=1S/C10H8ClN3/c11-9-7(10(12)13)5-6-3-1-2-4-8(6)14-9/h1-5H,(H3,12,13). The molecule has 70 valence electrons. The van der Waals surface area contributed by atoms with Gasteiger partial charge in [0, 0.05) is 5.39 Å². The van der Waals surface area contributed by atoms with Gasteiger partial charge in [0.15, 0.2) is 0 Å². The fourth-order valence-electron chi connectivity index (χ4n) is 1.28. The Morgan fingerprint density at radius 1 is 1.36 bits per heavy atom. The summed E-state index contributed by atoms with van der Waals surface area (Å²) in [5, 5.41) is 8.51. The first kappa shape index (κ1) is 8.97. The number of fused-ring (bicyclic) bond motifs is 1. The minimum Gasteiger partial charge on any atom is -0.384 e. The molecule has 2 rings (SSSR count). The third-order valence-electron chi connectivity index (χ3n) is 1.97. The van der Waals surface area contributed by atoms with Gasteiger partial charge < -0.3 is 5.73 Å². The van der Waals surface area contributed by atoms with E-state index in [1.165, 1.54) is 0 Å². The molecule has 0 aliphatic rings. The number of nitrogen functional groups attached to an aromatic ring is 1. The lowest BCUT2D eigenvalue weighted by Crippen LogP contribution is -2.12. The van der Waals surface area contributed by atoms with Crippen molar-refractivity contribution in [3.8, 4) is 0 Å². The van der Waals surface area contributed by atoms with E-state index >= 15 is 0 Å². The van der Waals surface area contributed by atoms with Crippen molar-refractivity contribution >= 4 is 28.3 Å². The fraction of sp³-hybridized carbons (Fsp3) is 0. The van der Waals surface area contributed by atoms with Crippen LogP contribution in [-0.2, 0) is 0 Å². The van der Waals surface area contributed by atoms with Gasteiger partial charge >= 0.3 is 0 Å². The number of rotatable bonds is 1. The first-order valence-corrected chi connectivity index (χ1v) is 4.46. The monoisotopic (exact) mass is 205 g/mol. The first-order valence-electron chi connectivity index (χ1n) is 4.08. The van der Waals surface area contributed by atoms with Crippen molar-refractivity contribution in [1.82, 2.24) is 4.98 Å². The van der Waals surface area contributed by atoms with Gasteiger partial charge in [-0.3, -0.25) is 5.41 Å². The van der Waals surface area contributed by atoms with Crippen molar-refractivity contribution in [3.05, 3.63) is 41.0 Å². The molecule has 0 aliphatic heterocycles. The van der Waals surface area contributed by atoms with Crippen LogP contribution in [0.2, 0.25) is 5.15 Å². The van der Waals surface area contributed by atoms with Crippen molar-refractivity contribution in [2.45, 2.75) is 0 Å². The van der Waals surface area contributed by atoms with Gasteiger partial charge in [-0.15, -0.1) is 0 Å². The predicted octanol–water partition coefficient (Wildman–Crippen LogP) is 2.17. The second-order valence-corrected chi connectivity index (χ2v) is 3.29. The molecule has 3 nitrogen and oxygen atoms in total. The number of aromatic nitrogens is 1. The van der Waals surface area contributed by atoms with Crippen molar-refractivity contribution in [3.63, 3.8) is 0 Å².